The van der Waals surface area contributed by atoms with E-state index < -0.39 is 25.9 Å². The van der Waals surface area contributed by atoms with Crippen LogP contribution in [0.2, 0.25) is 0 Å². The summed E-state index contributed by atoms with van der Waals surface area (Å²) in [5.41, 5.74) is 0.638. The molecule has 1 saturated heterocycles. The molecule has 1 fully saturated rings. The van der Waals surface area contributed by atoms with Gasteiger partial charge in [0.1, 0.15) is 14.9 Å². The van der Waals surface area contributed by atoms with E-state index in [0.29, 0.717) is 5.56 Å². The largest absolute Gasteiger partial charge is 0.252 e. The zero-order valence-corrected chi connectivity index (χ0v) is 16.8. The van der Waals surface area contributed by atoms with E-state index in [1.165, 1.54) is 27.8 Å². The zero-order valence-electron chi connectivity index (χ0n) is 14.3. The fraction of sp³-hybridized carbons (Fsp3) is 0.375. The summed E-state index contributed by atoms with van der Waals surface area (Å²) >= 11 is 1.18. The monoisotopic (exact) mass is 418 g/mol. The fourth-order valence-corrected chi connectivity index (χ4v) is 7.21. The van der Waals surface area contributed by atoms with Crippen molar-refractivity contribution in [1.82, 2.24) is 8.61 Å². The van der Waals surface area contributed by atoms with Gasteiger partial charge in [-0.05, 0) is 43.7 Å². The first-order valence-electron chi connectivity index (χ1n) is 7.95. The summed E-state index contributed by atoms with van der Waals surface area (Å²) < 4.78 is 67.3. The van der Waals surface area contributed by atoms with Crippen LogP contribution in [0.25, 0.3) is 0 Å². The van der Waals surface area contributed by atoms with Crippen molar-refractivity contribution < 1.29 is 21.2 Å². The SMILES string of the molecule is Cc1ccc(F)c(S(=O)(=O)N2CCN(S(=O)(=O)c3ccc(C)s3)CC2)c1. The van der Waals surface area contributed by atoms with Gasteiger partial charge >= 0.3 is 0 Å². The van der Waals surface area contributed by atoms with Crippen LogP contribution in [-0.4, -0.2) is 51.6 Å². The highest BCUT2D eigenvalue weighted by atomic mass is 32.2. The molecule has 0 spiro atoms. The van der Waals surface area contributed by atoms with Crippen molar-refractivity contribution in [3.8, 4) is 0 Å². The Hall–Kier alpha value is -1.33. The minimum Gasteiger partial charge on any atom is -0.207 e. The van der Waals surface area contributed by atoms with Crippen molar-refractivity contribution in [2.45, 2.75) is 23.0 Å². The van der Waals surface area contributed by atoms with E-state index in [1.54, 1.807) is 19.1 Å². The third-order valence-corrected chi connectivity index (χ3v) is 9.49. The van der Waals surface area contributed by atoms with Gasteiger partial charge < -0.3 is 0 Å². The van der Waals surface area contributed by atoms with Crippen molar-refractivity contribution in [2.24, 2.45) is 0 Å². The van der Waals surface area contributed by atoms with E-state index in [4.69, 9.17) is 0 Å². The highest BCUT2D eigenvalue weighted by Crippen LogP contribution is 2.27. The van der Waals surface area contributed by atoms with Gasteiger partial charge in [-0.1, -0.05) is 6.07 Å². The number of rotatable bonds is 4. The molecule has 1 aliphatic rings. The van der Waals surface area contributed by atoms with Crippen LogP contribution in [0.4, 0.5) is 4.39 Å². The standard InChI is InChI=1S/C16H19FN2O4S3/c1-12-3-5-14(17)15(11-12)25(20,21)18-7-9-19(10-8-18)26(22,23)16-6-4-13(2)24-16/h3-6,11H,7-10H2,1-2H3. The Morgan fingerprint density at radius 2 is 1.46 bits per heavy atom. The molecule has 0 atom stereocenters. The van der Waals surface area contributed by atoms with E-state index in [2.05, 4.69) is 0 Å². The van der Waals surface area contributed by atoms with Gasteiger partial charge in [-0.3, -0.25) is 0 Å². The highest BCUT2D eigenvalue weighted by Gasteiger charge is 2.35. The van der Waals surface area contributed by atoms with Gasteiger partial charge in [-0.2, -0.15) is 8.61 Å². The second-order valence-electron chi connectivity index (χ2n) is 6.11. The minimum atomic E-state index is -4.01. The molecular formula is C16H19FN2O4S3. The molecule has 0 radical (unpaired) electrons. The molecule has 3 rings (SSSR count). The first-order valence-corrected chi connectivity index (χ1v) is 11.6. The number of aryl methyl sites for hydroxylation is 2. The molecule has 6 nitrogen and oxygen atoms in total. The average Bonchev–Trinajstić information content (AvgIpc) is 3.04. The summed E-state index contributed by atoms with van der Waals surface area (Å²) in [6.45, 7) is 3.55. The molecule has 0 aliphatic carbocycles. The van der Waals surface area contributed by atoms with Gasteiger partial charge in [0, 0.05) is 31.1 Å². The average molecular weight is 419 g/mol. The van der Waals surface area contributed by atoms with Crippen molar-refractivity contribution >= 4 is 31.4 Å². The first kappa shape index (κ1) is 19.4. The van der Waals surface area contributed by atoms with Gasteiger partial charge in [0.05, 0.1) is 0 Å². The number of halogens is 1. The van der Waals surface area contributed by atoms with E-state index in [-0.39, 0.29) is 35.3 Å². The summed E-state index contributed by atoms with van der Waals surface area (Å²) in [4.78, 5) is 0.516. The van der Waals surface area contributed by atoms with Crippen LogP contribution in [0.3, 0.4) is 0 Å². The second-order valence-corrected chi connectivity index (χ2v) is 11.5. The molecule has 0 unspecified atom stereocenters. The van der Waals surface area contributed by atoms with Gasteiger partial charge in [0.25, 0.3) is 10.0 Å². The van der Waals surface area contributed by atoms with Crippen molar-refractivity contribution in [3.63, 3.8) is 0 Å². The number of nitrogens with zero attached hydrogens (tertiary/aromatic N) is 2. The van der Waals surface area contributed by atoms with Crippen LogP contribution < -0.4 is 0 Å². The normalized spacial score (nSPS) is 17.5. The van der Waals surface area contributed by atoms with Crippen LogP contribution in [0.15, 0.2) is 39.4 Å². The molecule has 0 saturated carbocycles. The van der Waals surface area contributed by atoms with Crippen LogP contribution >= 0.6 is 11.3 Å². The molecule has 0 amide bonds. The molecule has 0 N–H and O–H groups in total. The summed E-state index contributed by atoms with van der Waals surface area (Å²) in [7, 11) is -7.64. The molecule has 1 aromatic carbocycles. The van der Waals surface area contributed by atoms with Gasteiger partial charge in [-0.15, -0.1) is 11.3 Å². The Morgan fingerprint density at radius 1 is 0.885 bits per heavy atom. The van der Waals surface area contributed by atoms with E-state index in [1.807, 2.05) is 6.92 Å². The quantitative estimate of drug-likeness (QED) is 0.763. The molecule has 2 aromatic rings. The van der Waals surface area contributed by atoms with E-state index in [9.17, 15) is 21.2 Å². The maximum atomic E-state index is 14.0. The lowest BCUT2D eigenvalue weighted by Gasteiger charge is -2.33. The van der Waals surface area contributed by atoms with Crippen molar-refractivity contribution in [1.29, 1.82) is 0 Å². The summed E-state index contributed by atoms with van der Waals surface area (Å²) in [6, 6.07) is 7.21. The van der Waals surface area contributed by atoms with Gasteiger partial charge in [-0.25, -0.2) is 21.2 Å². The lowest BCUT2D eigenvalue weighted by Crippen LogP contribution is -2.50. The smallest absolute Gasteiger partial charge is 0.207 e. The second kappa shape index (κ2) is 7.01. The lowest BCUT2D eigenvalue weighted by molar-refractivity contribution is 0.272. The zero-order chi connectivity index (χ0) is 19.1. The maximum absolute atomic E-state index is 14.0. The van der Waals surface area contributed by atoms with Gasteiger partial charge in [0.15, 0.2) is 0 Å². The van der Waals surface area contributed by atoms with Gasteiger partial charge in [0.2, 0.25) is 10.0 Å². The van der Waals surface area contributed by atoms with Crippen molar-refractivity contribution in [2.75, 3.05) is 26.2 Å². The number of benzene rings is 1. The summed E-state index contributed by atoms with van der Waals surface area (Å²) in [5.74, 6) is -0.806. The van der Waals surface area contributed by atoms with Crippen LogP contribution in [0.1, 0.15) is 10.4 Å². The predicted octanol–water partition coefficient (Wildman–Crippen LogP) is 2.20. The molecule has 1 aliphatic heterocycles. The summed E-state index contributed by atoms with van der Waals surface area (Å²) in [6.07, 6.45) is 0. The Bertz CT molecular complexity index is 1020. The molecule has 26 heavy (non-hydrogen) atoms. The highest BCUT2D eigenvalue weighted by molar-refractivity contribution is 7.91. The fourth-order valence-electron chi connectivity index (χ4n) is 2.78. The van der Waals surface area contributed by atoms with E-state index >= 15 is 0 Å². The number of piperazine rings is 1. The third-order valence-electron chi connectivity index (χ3n) is 4.21. The van der Waals surface area contributed by atoms with Crippen LogP contribution in [-0.2, 0) is 20.0 Å². The molecule has 2 heterocycles. The number of hydrogen-bond donors (Lipinski definition) is 0. The van der Waals surface area contributed by atoms with E-state index in [0.717, 1.165) is 15.2 Å². The van der Waals surface area contributed by atoms with Crippen molar-refractivity contribution in [3.05, 3.63) is 46.6 Å². The molecule has 1 aromatic heterocycles. The first-order chi connectivity index (χ1) is 12.1. The predicted molar refractivity (Wildman–Crippen MR) is 97.7 cm³/mol. The number of sulfonamides is 2. The Balaban J connectivity index is 1.79. The Kier molecular flexibility index (Phi) is 5.24. The third kappa shape index (κ3) is 3.56. The Morgan fingerprint density at radius 3 is 2.00 bits per heavy atom. The summed E-state index contributed by atoms with van der Waals surface area (Å²) in [5, 5.41) is 0. The minimum absolute atomic E-state index is 0.0146. The maximum Gasteiger partial charge on any atom is 0.252 e. The molecule has 10 heteroatoms. The molecule has 0 bridgehead atoms. The molecule has 142 valence electrons. The Labute approximate surface area is 157 Å². The lowest BCUT2D eigenvalue weighted by atomic mass is 10.2. The number of thiophene rings is 1. The van der Waals surface area contributed by atoms with Crippen LogP contribution in [0.5, 0.6) is 0 Å². The molecular weight excluding hydrogens is 399 g/mol. The topological polar surface area (TPSA) is 74.8 Å². The number of hydrogen-bond acceptors (Lipinski definition) is 5. The van der Waals surface area contributed by atoms with Crippen LogP contribution in [0, 0.1) is 19.7 Å².